The fraction of sp³-hybridized carbons (Fsp3) is 0.350. The van der Waals surface area contributed by atoms with Crippen LogP contribution in [0.4, 0.5) is 4.39 Å². The van der Waals surface area contributed by atoms with E-state index in [0.717, 1.165) is 29.5 Å². The summed E-state index contributed by atoms with van der Waals surface area (Å²) in [5.74, 6) is 0.293. The summed E-state index contributed by atoms with van der Waals surface area (Å²) in [6.45, 7) is 0. The minimum Gasteiger partial charge on any atom is -0.294 e. The van der Waals surface area contributed by atoms with E-state index in [1.165, 1.54) is 25.3 Å². The first-order chi connectivity index (χ1) is 10.7. The van der Waals surface area contributed by atoms with E-state index in [1.807, 2.05) is 30.3 Å². The molecule has 0 aliphatic heterocycles. The Hall–Kier alpha value is -1.96. The van der Waals surface area contributed by atoms with Crippen LogP contribution >= 0.6 is 0 Å². The molecule has 0 saturated heterocycles. The average molecular weight is 296 g/mol. The van der Waals surface area contributed by atoms with Crippen molar-refractivity contribution in [2.24, 2.45) is 5.92 Å². The number of carbonyl (C=O) groups is 1. The maximum Gasteiger partial charge on any atom is 0.165 e. The summed E-state index contributed by atoms with van der Waals surface area (Å²) < 4.78 is 13.2. The molecule has 1 aliphatic carbocycles. The van der Waals surface area contributed by atoms with Crippen LogP contribution < -0.4 is 0 Å². The molecular weight excluding hydrogens is 275 g/mol. The highest BCUT2D eigenvalue weighted by molar-refractivity contribution is 5.97. The zero-order valence-corrected chi connectivity index (χ0v) is 12.7. The third kappa shape index (κ3) is 3.62. The summed E-state index contributed by atoms with van der Waals surface area (Å²) in [4.78, 5) is 12.5. The highest BCUT2D eigenvalue weighted by Gasteiger charge is 2.22. The molecule has 2 heteroatoms. The van der Waals surface area contributed by atoms with Gasteiger partial charge in [-0.25, -0.2) is 4.39 Å². The molecule has 0 N–H and O–H groups in total. The van der Waals surface area contributed by atoms with E-state index >= 15 is 0 Å². The van der Waals surface area contributed by atoms with Crippen molar-refractivity contribution in [3.63, 3.8) is 0 Å². The Balaban J connectivity index is 1.68. The van der Waals surface area contributed by atoms with Crippen molar-refractivity contribution in [2.75, 3.05) is 0 Å². The Morgan fingerprint density at radius 1 is 0.955 bits per heavy atom. The fourth-order valence-electron chi connectivity index (χ4n) is 3.27. The Bertz CT molecular complexity index is 639. The van der Waals surface area contributed by atoms with Crippen molar-refractivity contribution < 1.29 is 9.18 Å². The largest absolute Gasteiger partial charge is 0.294 e. The molecule has 1 aliphatic rings. The number of Topliss-reactive ketones (excluding diaryl/α,β-unsaturated/α-hetero) is 1. The molecule has 1 nitrogen and oxygen atoms in total. The summed E-state index contributed by atoms with van der Waals surface area (Å²) in [5.41, 5.74) is 2.87. The van der Waals surface area contributed by atoms with Gasteiger partial charge in [0.05, 0.1) is 0 Å². The van der Waals surface area contributed by atoms with E-state index in [2.05, 4.69) is 0 Å². The van der Waals surface area contributed by atoms with Gasteiger partial charge in [-0.1, -0.05) is 55.7 Å². The topological polar surface area (TPSA) is 17.1 Å². The quantitative estimate of drug-likeness (QED) is 0.710. The lowest BCUT2D eigenvalue weighted by molar-refractivity contribution is 0.0889. The van der Waals surface area contributed by atoms with E-state index in [4.69, 9.17) is 0 Å². The van der Waals surface area contributed by atoms with Crippen molar-refractivity contribution in [2.45, 2.75) is 38.5 Å². The lowest BCUT2D eigenvalue weighted by atomic mass is 9.83. The second-order valence-electron chi connectivity index (χ2n) is 6.20. The molecule has 0 heterocycles. The summed E-state index contributed by atoms with van der Waals surface area (Å²) in [6.07, 6.45) is 6.36. The van der Waals surface area contributed by atoms with E-state index < -0.39 is 0 Å². The lowest BCUT2D eigenvalue weighted by Crippen LogP contribution is -2.17. The van der Waals surface area contributed by atoms with Crippen LogP contribution in [-0.4, -0.2) is 5.78 Å². The first kappa shape index (κ1) is 15.0. The van der Waals surface area contributed by atoms with Gasteiger partial charge < -0.3 is 0 Å². The SMILES string of the molecule is O=C(c1ccc(Cc2cccc(F)c2)cc1)C1CCCCC1. The van der Waals surface area contributed by atoms with Gasteiger partial charge in [-0.3, -0.25) is 4.79 Å². The molecule has 0 bridgehead atoms. The molecule has 0 amide bonds. The fourth-order valence-corrected chi connectivity index (χ4v) is 3.27. The van der Waals surface area contributed by atoms with Gasteiger partial charge in [0.2, 0.25) is 0 Å². The van der Waals surface area contributed by atoms with Crippen LogP contribution in [0.15, 0.2) is 48.5 Å². The highest BCUT2D eigenvalue weighted by atomic mass is 19.1. The molecule has 1 fully saturated rings. The van der Waals surface area contributed by atoms with Gasteiger partial charge in [-0.05, 0) is 42.5 Å². The molecule has 0 unspecified atom stereocenters. The Morgan fingerprint density at radius 2 is 1.68 bits per heavy atom. The van der Waals surface area contributed by atoms with Gasteiger partial charge >= 0.3 is 0 Å². The first-order valence-corrected chi connectivity index (χ1v) is 8.10. The highest BCUT2D eigenvalue weighted by Crippen LogP contribution is 2.27. The molecule has 22 heavy (non-hydrogen) atoms. The van der Waals surface area contributed by atoms with Crippen LogP contribution in [0.3, 0.4) is 0 Å². The van der Waals surface area contributed by atoms with Crippen molar-refractivity contribution >= 4 is 5.78 Å². The van der Waals surface area contributed by atoms with Crippen molar-refractivity contribution in [3.8, 4) is 0 Å². The Kier molecular flexibility index (Phi) is 4.67. The zero-order chi connectivity index (χ0) is 15.4. The summed E-state index contributed by atoms with van der Waals surface area (Å²) in [6, 6.07) is 14.5. The predicted octanol–water partition coefficient (Wildman–Crippen LogP) is 5.18. The van der Waals surface area contributed by atoms with E-state index in [9.17, 15) is 9.18 Å². The molecule has 0 aromatic heterocycles. The maximum absolute atomic E-state index is 13.2. The number of hydrogen-bond acceptors (Lipinski definition) is 1. The van der Waals surface area contributed by atoms with Crippen molar-refractivity contribution in [1.29, 1.82) is 0 Å². The molecule has 1 saturated carbocycles. The molecule has 0 spiro atoms. The number of hydrogen-bond donors (Lipinski definition) is 0. The second-order valence-corrected chi connectivity index (χ2v) is 6.20. The van der Waals surface area contributed by atoms with Crippen molar-refractivity contribution in [1.82, 2.24) is 0 Å². The standard InChI is InChI=1S/C20H21FO/c21-19-8-4-5-16(14-19)13-15-9-11-18(12-10-15)20(22)17-6-2-1-3-7-17/h4-5,8-12,14,17H,1-3,6-7,13H2. The summed E-state index contributed by atoms with van der Waals surface area (Å²) >= 11 is 0. The van der Waals surface area contributed by atoms with Crippen LogP contribution in [0.25, 0.3) is 0 Å². The van der Waals surface area contributed by atoms with Crippen LogP contribution in [0.1, 0.15) is 53.6 Å². The lowest BCUT2D eigenvalue weighted by Gasteiger charge is -2.20. The number of ketones is 1. The molecule has 2 aromatic rings. The van der Waals surface area contributed by atoms with Crippen LogP contribution in [0.5, 0.6) is 0 Å². The van der Waals surface area contributed by atoms with E-state index in [0.29, 0.717) is 6.42 Å². The van der Waals surface area contributed by atoms with E-state index in [1.54, 1.807) is 12.1 Å². The van der Waals surface area contributed by atoms with Crippen LogP contribution in [-0.2, 0) is 6.42 Å². The smallest absolute Gasteiger partial charge is 0.165 e. The second kappa shape index (κ2) is 6.87. The van der Waals surface area contributed by atoms with Gasteiger partial charge in [0, 0.05) is 11.5 Å². The minimum absolute atomic E-state index is 0.207. The van der Waals surface area contributed by atoms with Crippen LogP contribution in [0.2, 0.25) is 0 Å². The average Bonchev–Trinajstić information content (AvgIpc) is 2.56. The number of benzene rings is 2. The molecule has 2 aromatic carbocycles. The van der Waals surface area contributed by atoms with Gasteiger partial charge in [0.25, 0.3) is 0 Å². The predicted molar refractivity (Wildman–Crippen MR) is 86.6 cm³/mol. The molecular formula is C20H21FO. The van der Waals surface area contributed by atoms with Crippen molar-refractivity contribution in [3.05, 3.63) is 71.0 Å². The third-order valence-corrected chi connectivity index (χ3v) is 4.51. The number of carbonyl (C=O) groups excluding carboxylic acids is 1. The van der Waals surface area contributed by atoms with E-state index in [-0.39, 0.29) is 17.5 Å². The zero-order valence-electron chi connectivity index (χ0n) is 12.7. The van der Waals surface area contributed by atoms with Gasteiger partial charge in [0.1, 0.15) is 5.82 Å². The number of halogens is 1. The molecule has 0 radical (unpaired) electrons. The summed E-state index contributed by atoms with van der Waals surface area (Å²) in [7, 11) is 0. The Labute approximate surface area is 131 Å². The van der Waals surface area contributed by atoms with Crippen LogP contribution in [0, 0.1) is 11.7 Å². The monoisotopic (exact) mass is 296 g/mol. The molecule has 3 rings (SSSR count). The van der Waals surface area contributed by atoms with Gasteiger partial charge in [0.15, 0.2) is 5.78 Å². The first-order valence-electron chi connectivity index (χ1n) is 8.10. The normalized spacial score (nSPS) is 15.7. The number of rotatable bonds is 4. The minimum atomic E-state index is -0.207. The van der Waals surface area contributed by atoms with Gasteiger partial charge in [-0.2, -0.15) is 0 Å². The maximum atomic E-state index is 13.2. The Morgan fingerprint density at radius 3 is 2.36 bits per heavy atom. The summed E-state index contributed by atoms with van der Waals surface area (Å²) in [5, 5.41) is 0. The van der Waals surface area contributed by atoms with Gasteiger partial charge in [-0.15, -0.1) is 0 Å². The molecule has 114 valence electrons. The molecule has 0 atom stereocenters. The third-order valence-electron chi connectivity index (χ3n) is 4.51.